The van der Waals surface area contributed by atoms with Crippen molar-refractivity contribution in [3.05, 3.63) is 53.3 Å². The summed E-state index contributed by atoms with van der Waals surface area (Å²) in [7, 11) is 1.61. The molecule has 1 aliphatic heterocycles. The minimum atomic E-state index is -0.462. The quantitative estimate of drug-likeness (QED) is 0.710. The summed E-state index contributed by atoms with van der Waals surface area (Å²) in [6.45, 7) is 1.67. The number of amides is 1. The third-order valence-electron chi connectivity index (χ3n) is 4.02. The molecule has 1 heterocycles. The lowest BCUT2D eigenvalue weighted by Crippen LogP contribution is -2.10. The van der Waals surface area contributed by atoms with Crippen LogP contribution in [-0.2, 0) is 11.4 Å². The topological polar surface area (TPSA) is 47.6 Å². The first-order valence-corrected chi connectivity index (χ1v) is 10.8. The Morgan fingerprint density at radius 3 is 2.56 bits per heavy atom. The third-order valence-corrected chi connectivity index (χ3v) is 6.99. The second-order valence-electron chi connectivity index (χ2n) is 6.12. The molecule has 0 bridgehead atoms. The van der Waals surface area contributed by atoms with Crippen molar-refractivity contribution in [3.63, 3.8) is 0 Å². The number of rotatable bonds is 6. The van der Waals surface area contributed by atoms with E-state index in [1.54, 1.807) is 30.6 Å². The highest BCUT2D eigenvalue weighted by Crippen LogP contribution is 2.48. The summed E-state index contributed by atoms with van der Waals surface area (Å²) in [6.07, 6.45) is 1.14. The van der Waals surface area contributed by atoms with Crippen molar-refractivity contribution in [1.82, 2.24) is 0 Å². The molecule has 1 N–H and O–H groups in total. The lowest BCUT2D eigenvalue weighted by molar-refractivity contribution is -0.114. The van der Waals surface area contributed by atoms with Gasteiger partial charge in [-0.2, -0.15) is 0 Å². The van der Waals surface area contributed by atoms with Crippen molar-refractivity contribution in [2.75, 3.05) is 23.9 Å². The van der Waals surface area contributed by atoms with E-state index in [0.717, 1.165) is 34.8 Å². The lowest BCUT2D eigenvalue weighted by atomic mass is 10.1. The molecular formula is C20H22FNO3S2. The van der Waals surface area contributed by atoms with E-state index in [4.69, 9.17) is 9.47 Å². The van der Waals surface area contributed by atoms with Gasteiger partial charge in [0.15, 0.2) is 11.6 Å². The van der Waals surface area contributed by atoms with E-state index < -0.39 is 5.82 Å². The van der Waals surface area contributed by atoms with E-state index in [0.29, 0.717) is 5.69 Å². The summed E-state index contributed by atoms with van der Waals surface area (Å²) in [5, 5.41) is 2.67. The van der Waals surface area contributed by atoms with Crippen LogP contribution in [0, 0.1) is 5.82 Å². The van der Waals surface area contributed by atoms with Gasteiger partial charge in [-0.3, -0.25) is 4.79 Å². The molecule has 0 radical (unpaired) electrons. The normalized spacial score (nSPS) is 14.6. The number of anilines is 1. The number of nitrogens with one attached hydrogen (secondary N) is 1. The first-order valence-electron chi connectivity index (χ1n) is 8.67. The fourth-order valence-electron chi connectivity index (χ4n) is 2.76. The van der Waals surface area contributed by atoms with Gasteiger partial charge >= 0.3 is 0 Å². The lowest BCUT2D eigenvalue weighted by Gasteiger charge is -2.24. The van der Waals surface area contributed by atoms with Crippen LogP contribution < -0.4 is 14.8 Å². The van der Waals surface area contributed by atoms with Crippen molar-refractivity contribution in [3.8, 4) is 11.5 Å². The van der Waals surface area contributed by atoms with Crippen LogP contribution in [0.25, 0.3) is 0 Å². The van der Waals surface area contributed by atoms with Gasteiger partial charge in [0.05, 0.1) is 11.7 Å². The summed E-state index contributed by atoms with van der Waals surface area (Å²) >= 11 is 3.56. The van der Waals surface area contributed by atoms with Crippen molar-refractivity contribution >= 4 is 35.1 Å². The number of hydrogen-bond donors (Lipinski definition) is 1. The molecule has 2 aromatic carbocycles. The largest absolute Gasteiger partial charge is 0.497 e. The molecule has 0 saturated carbocycles. The SMILES string of the molecule is COc1ccc(COc2c(F)cc(NC(C)=O)cc2C2SCCCS2)cc1. The summed E-state index contributed by atoms with van der Waals surface area (Å²) in [5.41, 5.74) is 2.16. The monoisotopic (exact) mass is 407 g/mol. The Hall–Kier alpha value is -1.86. The molecule has 1 aliphatic rings. The predicted molar refractivity (Wildman–Crippen MR) is 110 cm³/mol. The molecule has 7 heteroatoms. The number of hydrogen-bond acceptors (Lipinski definition) is 5. The molecule has 0 aliphatic carbocycles. The van der Waals surface area contributed by atoms with Crippen LogP contribution in [0.5, 0.6) is 11.5 Å². The average Bonchev–Trinajstić information content (AvgIpc) is 2.67. The molecular weight excluding hydrogens is 385 g/mol. The van der Waals surface area contributed by atoms with E-state index >= 15 is 0 Å². The maximum Gasteiger partial charge on any atom is 0.221 e. The average molecular weight is 408 g/mol. The number of benzene rings is 2. The van der Waals surface area contributed by atoms with Gasteiger partial charge in [-0.1, -0.05) is 12.1 Å². The van der Waals surface area contributed by atoms with Gasteiger partial charge in [-0.25, -0.2) is 4.39 Å². The van der Waals surface area contributed by atoms with E-state index in [1.165, 1.54) is 13.0 Å². The minimum absolute atomic E-state index is 0.0906. The number of ether oxygens (including phenoxy) is 2. The van der Waals surface area contributed by atoms with Crippen LogP contribution in [0.15, 0.2) is 36.4 Å². The van der Waals surface area contributed by atoms with Crippen LogP contribution in [0.2, 0.25) is 0 Å². The minimum Gasteiger partial charge on any atom is -0.497 e. The molecule has 4 nitrogen and oxygen atoms in total. The van der Waals surface area contributed by atoms with E-state index in [2.05, 4.69) is 5.32 Å². The van der Waals surface area contributed by atoms with E-state index in [-0.39, 0.29) is 22.8 Å². The zero-order valence-electron chi connectivity index (χ0n) is 15.3. The third kappa shape index (κ3) is 5.32. The Balaban J connectivity index is 1.85. The Labute approximate surface area is 167 Å². The van der Waals surface area contributed by atoms with Gasteiger partial charge in [-0.05, 0) is 41.7 Å². The van der Waals surface area contributed by atoms with Crippen LogP contribution >= 0.6 is 23.5 Å². The smallest absolute Gasteiger partial charge is 0.221 e. The highest BCUT2D eigenvalue weighted by molar-refractivity contribution is 8.16. The van der Waals surface area contributed by atoms with Crippen molar-refractivity contribution < 1.29 is 18.7 Å². The fourth-order valence-corrected chi connectivity index (χ4v) is 5.67. The maximum atomic E-state index is 14.8. The van der Waals surface area contributed by atoms with Gasteiger partial charge in [-0.15, -0.1) is 23.5 Å². The van der Waals surface area contributed by atoms with Gasteiger partial charge < -0.3 is 14.8 Å². The Bertz CT molecular complexity index is 793. The second kappa shape index (κ2) is 9.37. The summed E-state index contributed by atoms with van der Waals surface area (Å²) < 4.78 is 26.0. The van der Waals surface area contributed by atoms with Crippen LogP contribution in [-0.4, -0.2) is 24.5 Å². The molecule has 0 atom stereocenters. The summed E-state index contributed by atoms with van der Waals surface area (Å²) in [6, 6.07) is 10.6. The van der Waals surface area contributed by atoms with Crippen LogP contribution in [0.1, 0.15) is 29.1 Å². The highest BCUT2D eigenvalue weighted by atomic mass is 32.2. The molecule has 0 aromatic heterocycles. The van der Waals surface area contributed by atoms with Crippen molar-refractivity contribution in [2.24, 2.45) is 0 Å². The molecule has 2 aromatic rings. The van der Waals surface area contributed by atoms with Gasteiger partial charge in [0, 0.05) is 24.2 Å². The second-order valence-corrected chi connectivity index (χ2v) is 8.85. The van der Waals surface area contributed by atoms with Crippen LogP contribution in [0.4, 0.5) is 10.1 Å². The molecule has 1 fully saturated rings. The Morgan fingerprint density at radius 1 is 1.22 bits per heavy atom. The molecule has 27 heavy (non-hydrogen) atoms. The van der Waals surface area contributed by atoms with Gasteiger partial charge in [0.1, 0.15) is 12.4 Å². The standard InChI is InChI=1S/C20H22FNO3S2/c1-13(23)22-15-10-17(20-26-8-3-9-27-20)19(18(21)11-15)25-12-14-4-6-16(24-2)7-5-14/h4-7,10-11,20H,3,8-9,12H2,1-2H3,(H,22,23). The van der Waals surface area contributed by atoms with E-state index in [1.807, 2.05) is 30.3 Å². The number of carbonyl (C=O) groups is 1. The van der Waals surface area contributed by atoms with Gasteiger partial charge in [0.2, 0.25) is 5.91 Å². The number of thioether (sulfide) groups is 2. The molecule has 1 amide bonds. The number of methoxy groups -OCH3 is 1. The Morgan fingerprint density at radius 2 is 1.93 bits per heavy atom. The van der Waals surface area contributed by atoms with E-state index in [9.17, 15) is 9.18 Å². The van der Waals surface area contributed by atoms with Crippen LogP contribution in [0.3, 0.4) is 0 Å². The predicted octanol–water partition coefficient (Wildman–Crippen LogP) is 5.24. The first kappa shape index (κ1) is 19.9. The molecule has 0 unspecified atom stereocenters. The van der Waals surface area contributed by atoms with Crippen molar-refractivity contribution in [2.45, 2.75) is 24.5 Å². The number of carbonyl (C=O) groups excluding carboxylic acids is 1. The molecule has 144 valence electrons. The zero-order chi connectivity index (χ0) is 19.2. The highest BCUT2D eigenvalue weighted by Gasteiger charge is 2.24. The first-order chi connectivity index (χ1) is 13.1. The molecule has 1 saturated heterocycles. The zero-order valence-corrected chi connectivity index (χ0v) is 16.9. The number of halogens is 1. The molecule has 0 spiro atoms. The fraction of sp³-hybridized carbons (Fsp3) is 0.350. The molecule has 3 rings (SSSR count). The summed E-state index contributed by atoms with van der Waals surface area (Å²) in [4.78, 5) is 11.4. The van der Waals surface area contributed by atoms with Crippen molar-refractivity contribution in [1.29, 1.82) is 0 Å². The van der Waals surface area contributed by atoms with Gasteiger partial charge in [0.25, 0.3) is 0 Å². The maximum absolute atomic E-state index is 14.8. The Kier molecular flexibility index (Phi) is 6.90. The summed E-state index contributed by atoms with van der Waals surface area (Å²) in [5.74, 6) is 2.39.